The SMILES string of the molecule is c1ccc(-c2cccc3c2oc2ccc(-c4ccc(N(c5ccc(-c6cccc7ccccc67)cc5)c5ccc(-c6cccc7sc8ccccc8c67)cc5)cc4)cc23)cc1. The van der Waals surface area contributed by atoms with E-state index in [0.29, 0.717) is 0 Å². The van der Waals surface area contributed by atoms with Crippen LogP contribution >= 0.6 is 11.3 Å². The minimum Gasteiger partial charge on any atom is -0.455 e. The maximum Gasteiger partial charge on any atom is 0.143 e. The number of furan rings is 1. The van der Waals surface area contributed by atoms with Gasteiger partial charge >= 0.3 is 0 Å². The number of fused-ring (bicyclic) bond motifs is 7. The Morgan fingerprint density at radius 3 is 1.62 bits per heavy atom. The Morgan fingerprint density at radius 2 is 0.852 bits per heavy atom. The Balaban J connectivity index is 0.934. The van der Waals surface area contributed by atoms with E-state index >= 15 is 0 Å². The van der Waals surface area contributed by atoms with E-state index in [-0.39, 0.29) is 0 Å². The minimum absolute atomic E-state index is 0.892. The Kier molecular flexibility index (Phi) is 8.39. The van der Waals surface area contributed by atoms with Crippen LogP contribution in [-0.2, 0) is 0 Å². The molecule has 0 aliphatic carbocycles. The van der Waals surface area contributed by atoms with Crippen LogP contribution in [0.1, 0.15) is 0 Å². The molecule has 12 aromatic rings. The van der Waals surface area contributed by atoms with E-state index < -0.39 is 0 Å². The van der Waals surface area contributed by atoms with E-state index in [9.17, 15) is 0 Å². The minimum atomic E-state index is 0.892. The van der Waals surface area contributed by atoms with Gasteiger partial charge in [-0.1, -0.05) is 164 Å². The molecule has 3 heteroatoms. The van der Waals surface area contributed by atoms with Crippen LogP contribution in [0.5, 0.6) is 0 Å². The van der Waals surface area contributed by atoms with E-state index in [1.165, 1.54) is 53.2 Å². The van der Waals surface area contributed by atoms with E-state index in [0.717, 1.165) is 61.3 Å². The second kappa shape index (κ2) is 14.5. The van der Waals surface area contributed by atoms with Crippen molar-refractivity contribution in [3.8, 4) is 44.5 Å². The van der Waals surface area contributed by atoms with Crippen molar-refractivity contribution in [1.29, 1.82) is 0 Å². The van der Waals surface area contributed by atoms with E-state index in [2.05, 4.69) is 223 Å². The third-order valence-electron chi connectivity index (χ3n) is 12.1. The molecule has 286 valence electrons. The number of hydrogen-bond acceptors (Lipinski definition) is 3. The van der Waals surface area contributed by atoms with Gasteiger partial charge in [-0.25, -0.2) is 0 Å². The maximum atomic E-state index is 6.50. The Labute approximate surface area is 357 Å². The standard InChI is InChI=1S/C58H37NOS/c1-2-11-40(12-3-1)50-19-9-20-51-53-37-43(29-36-54(53)60-58(50)51)38-23-30-44(31-24-38)59(45-32-25-41(26-33-45)48-17-8-14-39-13-4-5-15-47(39)48)46-34-27-42(28-35-46)49-18-10-22-56-57(49)52-16-6-7-21-55(52)61-56/h1-37H. The van der Waals surface area contributed by atoms with Gasteiger partial charge in [0.15, 0.2) is 0 Å². The summed E-state index contributed by atoms with van der Waals surface area (Å²) in [6.07, 6.45) is 0. The molecule has 2 aromatic heterocycles. The second-order valence-electron chi connectivity index (χ2n) is 15.6. The van der Waals surface area contributed by atoms with Crippen molar-refractivity contribution in [3.05, 3.63) is 224 Å². The molecule has 0 unspecified atom stereocenters. The first-order chi connectivity index (χ1) is 30.2. The summed E-state index contributed by atoms with van der Waals surface area (Å²) in [7, 11) is 0. The number of para-hydroxylation sites is 1. The molecule has 0 spiro atoms. The van der Waals surface area contributed by atoms with Crippen LogP contribution in [0.3, 0.4) is 0 Å². The lowest BCUT2D eigenvalue weighted by Crippen LogP contribution is -2.09. The third kappa shape index (κ3) is 6.09. The number of thiophene rings is 1. The topological polar surface area (TPSA) is 16.4 Å². The summed E-state index contributed by atoms with van der Waals surface area (Å²) in [4.78, 5) is 2.36. The fourth-order valence-electron chi connectivity index (χ4n) is 9.15. The number of benzene rings is 10. The van der Waals surface area contributed by atoms with Crippen LogP contribution in [0, 0.1) is 0 Å². The van der Waals surface area contributed by atoms with Crippen LogP contribution in [0.2, 0.25) is 0 Å². The fourth-order valence-corrected chi connectivity index (χ4v) is 10.3. The summed E-state index contributed by atoms with van der Waals surface area (Å²) < 4.78 is 9.13. The zero-order valence-corrected chi connectivity index (χ0v) is 33.9. The number of nitrogens with zero attached hydrogens (tertiary/aromatic N) is 1. The molecule has 0 aliphatic rings. The molecule has 0 saturated carbocycles. The predicted octanol–water partition coefficient (Wildman–Crippen LogP) is 17.2. The number of hydrogen-bond donors (Lipinski definition) is 0. The lowest BCUT2D eigenvalue weighted by molar-refractivity contribution is 0.670. The Morgan fingerprint density at radius 1 is 0.328 bits per heavy atom. The number of anilines is 3. The molecule has 0 radical (unpaired) electrons. The van der Waals surface area contributed by atoms with Crippen LogP contribution in [0.15, 0.2) is 229 Å². The highest BCUT2D eigenvalue weighted by molar-refractivity contribution is 7.25. The van der Waals surface area contributed by atoms with Crippen molar-refractivity contribution in [2.45, 2.75) is 0 Å². The van der Waals surface area contributed by atoms with Crippen LogP contribution in [0.4, 0.5) is 17.1 Å². The normalized spacial score (nSPS) is 11.6. The largest absolute Gasteiger partial charge is 0.455 e. The van der Waals surface area contributed by atoms with Gasteiger partial charge in [0, 0.05) is 53.6 Å². The van der Waals surface area contributed by atoms with Crippen molar-refractivity contribution >= 4 is 81.3 Å². The van der Waals surface area contributed by atoms with Crippen molar-refractivity contribution < 1.29 is 4.42 Å². The van der Waals surface area contributed by atoms with Crippen molar-refractivity contribution in [1.82, 2.24) is 0 Å². The summed E-state index contributed by atoms with van der Waals surface area (Å²) in [6.45, 7) is 0. The molecule has 10 aromatic carbocycles. The van der Waals surface area contributed by atoms with E-state index in [4.69, 9.17) is 4.42 Å². The first-order valence-corrected chi connectivity index (χ1v) is 21.6. The summed E-state index contributed by atoms with van der Waals surface area (Å²) in [5.41, 5.74) is 14.5. The smallest absolute Gasteiger partial charge is 0.143 e. The fraction of sp³-hybridized carbons (Fsp3) is 0. The highest BCUT2D eigenvalue weighted by Crippen LogP contribution is 2.43. The molecule has 0 saturated heterocycles. The van der Waals surface area contributed by atoms with Crippen LogP contribution < -0.4 is 4.90 Å². The Hall–Kier alpha value is -7.72. The molecular formula is C58H37NOS. The molecule has 0 amide bonds. The highest BCUT2D eigenvalue weighted by Gasteiger charge is 2.17. The predicted molar refractivity (Wildman–Crippen MR) is 261 cm³/mol. The van der Waals surface area contributed by atoms with Crippen molar-refractivity contribution in [2.75, 3.05) is 4.90 Å². The van der Waals surface area contributed by atoms with Gasteiger partial charge in [0.1, 0.15) is 11.2 Å². The third-order valence-corrected chi connectivity index (χ3v) is 13.2. The van der Waals surface area contributed by atoms with Crippen molar-refractivity contribution in [2.24, 2.45) is 0 Å². The van der Waals surface area contributed by atoms with Gasteiger partial charge < -0.3 is 9.32 Å². The maximum absolute atomic E-state index is 6.50. The quantitative estimate of drug-likeness (QED) is 0.160. The van der Waals surface area contributed by atoms with Gasteiger partial charge in [0.2, 0.25) is 0 Å². The van der Waals surface area contributed by atoms with Gasteiger partial charge in [-0.15, -0.1) is 11.3 Å². The molecule has 0 N–H and O–H groups in total. The van der Waals surface area contributed by atoms with E-state index in [1.54, 1.807) is 0 Å². The lowest BCUT2D eigenvalue weighted by atomic mass is 9.97. The average Bonchev–Trinajstić information content (AvgIpc) is 3.91. The summed E-state index contributed by atoms with van der Waals surface area (Å²) in [6, 6.07) is 81.1. The molecule has 12 rings (SSSR count). The molecule has 61 heavy (non-hydrogen) atoms. The summed E-state index contributed by atoms with van der Waals surface area (Å²) in [5.74, 6) is 0. The Bertz CT molecular complexity index is 3560. The first kappa shape index (κ1) is 35.2. The zero-order valence-electron chi connectivity index (χ0n) is 33.1. The molecule has 2 nitrogen and oxygen atoms in total. The van der Waals surface area contributed by atoms with Crippen molar-refractivity contribution in [3.63, 3.8) is 0 Å². The molecular weight excluding hydrogens is 759 g/mol. The average molecular weight is 796 g/mol. The molecule has 0 atom stereocenters. The molecule has 0 bridgehead atoms. The molecule has 0 aliphatic heterocycles. The van der Waals surface area contributed by atoms with Gasteiger partial charge in [-0.3, -0.25) is 0 Å². The van der Waals surface area contributed by atoms with Gasteiger partial charge in [-0.2, -0.15) is 0 Å². The first-order valence-electron chi connectivity index (χ1n) is 20.7. The van der Waals surface area contributed by atoms with Crippen LogP contribution in [0.25, 0.3) is 97.4 Å². The van der Waals surface area contributed by atoms with E-state index in [1.807, 2.05) is 17.4 Å². The van der Waals surface area contributed by atoms with Crippen LogP contribution in [-0.4, -0.2) is 0 Å². The zero-order chi connectivity index (χ0) is 40.3. The monoisotopic (exact) mass is 795 g/mol. The lowest BCUT2D eigenvalue weighted by Gasteiger charge is -2.26. The number of rotatable bonds is 7. The summed E-state index contributed by atoms with van der Waals surface area (Å²) in [5, 5.41) is 7.38. The second-order valence-corrected chi connectivity index (χ2v) is 16.7. The molecule has 2 heterocycles. The summed E-state index contributed by atoms with van der Waals surface area (Å²) >= 11 is 1.86. The highest BCUT2D eigenvalue weighted by atomic mass is 32.1. The van der Waals surface area contributed by atoms with Gasteiger partial charge in [0.25, 0.3) is 0 Å². The van der Waals surface area contributed by atoms with Gasteiger partial charge in [0.05, 0.1) is 0 Å². The van der Waals surface area contributed by atoms with Gasteiger partial charge in [-0.05, 0) is 110 Å². The molecule has 0 fully saturated rings.